The molecule has 1 rings (SSSR count). The highest BCUT2D eigenvalue weighted by Gasteiger charge is 2.43. The number of nitrogens with one attached hydrogen (secondary N) is 1. The van der Waals surface area contributed by atoms with Crippen molar-refractivity contribution in [3.63, 3.8) is 0 Å². The van der Waals surface area contributed by atoms with E-state index >= 15 is 0 Å². The maximum absolute atomic E-state index is 9.52. The number of thioether (sulfide) groups is 1. The van der Waals surface area contributed by atoms with Crippen LogP contribution in [0, 0.1) is 11.8 Å². The summed E-state index contributed by atoms with van der Waals surface area (Å²) in [4.78, 5) is 0. The highest BCUT2D eigenvalue weighted by Crippen LogP contribution is 2.41. The predicted octanol–water partition coefficient (Wildman–Crippen LogP) is 2.13. The Kier molecular flexibility index (Phi) is 5.44. The first-order valence-corrected chi connectivity index (χ1v) is 7.17. The molecule has 0 bridgehead atoms. The van der Waals surface area contributed by atoms with Gasteiger partial charge in [-0.1, -0.05) is 13.8 Å². The second kappa shape index (κ2) is 6.12. The van der Waals surface area contributed by atoms with Gasteiger partial charge in [-0.25, -0.2) is 0 Å². The molecule has 0 spiro atoms. The molecule has 1 atom stereocenters. The van der Waals surface area contributed by atoms with E-state index in [-0.39, 0.29) is 12.1 Å². The average Bonchev–Trinajstić information content (AvgIpc) is 3.03. The van der Waals surface area contributed by atoms with Crippen molar-refractivity contribution in [2.45, 2.75) is 38.6 Å². The highest BCUT2D eigenvalue weighted by molar-refractivity contribution is 7.99. The summed E-state index contributed by atoms with van der Waals surface area (Å²) in [7, 11) is 1.98. The van der Waals surface area contributed by atoms with Gasteiger partial charge >= 0.3 is 0 Å². The zero-order valence-electron chi connectivity index (χ0n) is 10.3. The van der Waals surface area contributed by atoms with Gasteiger partial charge in [0, 0.05) is 5.75 Å². The molecule has 15 heavy (non-hydrogen) atoms. The molecule has 1 unspecified atom stereocenters. The van der Waals surface area contributed by atoms with Crippen LogP contribution in [0.4, 0.5) is 0 Å². The maximum Gasteiger partial charge on any atom is 0.0624 e. The fraction of sp³-hybridized carbons (Fsp3) is 1.00. The molecule has 1 aliphatic rings. The quantitative estimate of drug-likeness (QED) is 0.628. The second-order valence-corrected chi connectivity index (χ2v) is 6.18. The van der Waals surface area contributed by atoms with Gasteiger partial charge in [0.05, 0.1) is 12.1 Å². The first-order valence-electron chi connectivity index (χ1n) is 6.02. The average molecular weight is 231 g/mol. The molecule has 0 aromatic heterocycles. The van der Waals surface area contributed by atoms with Crippen LogP contribution in [0.25, 0.3) is 0 Å². The zero-order chi connectivity index (χ0) is 11.3. The zero-order valence-corrected chi connectivity index (χ0v) is 11.1. The number of aliphatic hydroxyl groups excluding tert-OH is 1. The van der Waals surface area contributed by atoms with E-state index in [1.807, 2.05) is 18.8 Å². The SMILES string of the molecule is CNC(CO)(CSCCC(C)C)C1CC1. The summed E-state index contributed by atoms with van der Waals surface area (Å²) in [6.45, 7) is 4.81. The summed E-state index contributed by atoms with van der Waals surface area (Å²) >= 11 is 1.98. The van der Waals surface area contributed by atoms with E-state index in [1.165, 1.54) is 25.0 Å². The molecule has 90 valence electrons. The maximum atomic E-state index is 9.52. The molecular formula is C12H25NOS. The Morgan fingerprint density at radius 1 is 1.47 bits per heavy atom. The molecular weight excluding hydrogens is 206 g/mol. The Balaban J connectivity index is 2.25. The lowest BCUT2D eigenvalue weighted by molar-refractivity contribution is 0.167. The van der Waals surface area contributed by atoms with E-state index in [0.29, 0.717) is 5.92 Å². The van der Waals surface area contributed by atoms with E-state index in [1.54, 1.807) is 0 Å². The summed E-state index contributed by atoms with van der Waals surface area (Å²) < 4.78 is 0. The number of aliphatic hydroxyl groups is 1. The normalized spacial score (nSPS) is 20.6. The van der Waals surface area contributed by atoms with Gasteiger partial charge in [-0.05, 0) is 43.9 Å². The third-order valence-corrected chi connectivity index (χ3v) is 4.58. The molecule has 0 amide bonds. The second-order valence-electron chi connectivity index (χ2n) is 5.07. The van der Waals surface area contributed by atoms with Gasteiger partial charge in [0.2, 0.25) is 0 Å². The topological polar surface area (TPSA) is 32.3 Å². The number of hydrogen-bond donors (Lipinski definition) is 2. The van der Waals surface area contributed by atoms with Crippen LogP contribution in [-0.4, -0.2) is 35.8 Å². The molecule has 0 saturated heterocycles. The summed E-state index contributed by atoms with van der Waals surface area (Å²) in [6.07, 6.45) is 3.85. The molecule has 0 heterocycles. The highest BCUT2D eigenvalue weighted by atomic mass is 32.2. The van der Waals surface area contributed by atoms with Crippen LogP contribution in [0.2, 0.25) is 0 Å². The van der Waals surface area contributed by atoms with Gasteiger partial charge in [-0.3, -0.25) is 0 Å². The van der Waals surface area contributed by atoms with Crippen molar-refractivity contribution in [2.75, 3.05) is 25.2 Å². The van der Waals surface area contributed by atoms with Crippen LogP contribution >= 0.6 is 11.8 Å². The molecule has 1 fully saturated rings. The number of hydrogen-bond acceptors (Lipinski definition) is 3. The summed E-state index contributed by atoms with van der Waals surface area (Å²) in [6, 6.07) is 0. The van der Waals surface area contributed by atoms with Crippen LogP contribution < -0.4 is 5.32 Å². The van der Waals surface area contributed by atoms with Crippen molar-refractivity contribution in [1.29, 1.82) is 0 Å². The molecule has 3 heteroatoms. The van der Waals surface area contributed by atoms with Crippen molar-refractivity contribution in [2.24, 2.45) is 11.8 Å². The van der Waals surface area contributed by atoms with Crippen molar-refractivity contribution in [3.05, 3.63) is 0 Å². The first-order chi connectivity index (χ1) is 7.14. The third kappa shape index (κ3) is 3.97. The lowest BCUT2D eigenvalue weighted by Gasteiger charge is -2.31. The van der Waals surface area contributed by atoms with Gasteiger partial charge in [0.15, 0.2) is 0 Å². The fourth-order valence-corrected chi connectivity index (χ4v) is 3.48. The molecule has 1 aliphatic carbocycles. The van der Waals surface area contributed by atoms with Crippen molar-refractivity contribution >= 4 is 11.8 Å². The number of likely N-dealkylation sites (N-methyl/N-ethyl adjacent to an activating group) is 1. The molecule has 2 N–H and O–H groups in total. The molecule has 2 nitrogen and oxygen atoms in total. The Morgan fingerprint density at radius 2 is 2.13 bits per heavy atom. The van der Waals surface area contributed by atoms with Gasteiger partial charge in [-0.15, -0.1) is 0 Å². The molecule has 0 aromatic rings. The van der Waals surface area contributed by atoms with E-state index in [9.17, 15) is 5.11 Å². The minimum absolute atomic E-state index is 0.00163. The molecule has 0 aromatic carbocycles. The molecule has 0 aliphatic heterocycles. The lowest BCUT2D eigenvalue weighted by atomic mass is 9.97. The molecule has 1 saturated carbocycles. The predicted molar refractivity (Wildman–Crippen MR) is 68.4 cm³/mol. The van der Waals surface area contributed by atoms with Crippen molar-refractivity contribution in [3.8, 4) is 0 Å². The minimum Gasteiger partial charge on any atom is -0.394 e. The van der Waals surface area contributed by atoms with Gasteiger partial charge in [-0.2, -0.15) is 11.8 Å². The Labute approximate surface area is 98.2 Å². The van der Waals surface area contributed by atoms with Crippen LogP contribution in [0.15, 0.2) is 0 Å². The van der Waals surface area contributed by atoms with Crippen LogP contribution in [-0.2, 0) is 0 Å². The van der Waals surface area contributed by atoms with Crippen LogP contribution in [0.1, 0.15) is 33.1 Å². The van der Waals surface area contributed by atoms with E-state index < -0.39 is 0 Å². The van der Waals surface area contributed by atoms with Gasteiger partial charge in [0.25, 0.3) is 0 Å². The fourth-order valence-electron chi connectivity index (χ4n) is 1.86. The Morgan fingerprint density at radius 3 is 2.53 bits per heavy atom. The summed E-state index contributed by atoms with van der Waals surface area (Å²) in [5.74, 6) is 3.76. The monoisotopic (exact) mass is 231 g/mol. The smallest absolute Gasteiger partial charge is 0.0624 e. The Hall–Kier alpha value is 0.270. The molecule has 0 radical (unpaired) electrons. The van der Waals surface area contributed by atoms with Crippen molar-refractivity contribution in [1.82, 2.24) is 5.32 Å². The minimum atomic E-state index is 0.00163. The third-order valence-electron chi connectivity index (χ3n) is 3.34. The van der Waals surface area contributed by atoms with E-state index in [2.05, 4.69) is 19.2 Å². The van der Waals surface area contributed by atoms with E-state index in [4.69, 9.17) is 0 Å². The Bertz CT molecular complexity index is 176. The summed E-state index contributed by atoms with van der Waals surface area (Å²) in [5, 5.41) is 12.9. The van der Waals surface area contributed by atoms with Gasteiger partial charge in [0.1, 0.15) is 0 Å². The largest absolute Gasteiger partial charge is 0.394 e. The standard InChI is InChI=1S/C12H25NOS/c1-10(2)6-7-15-9-12(8-14,13-3)11-4-5-11/h10-11,13-14H,4-9H2,1-3H3. The number of rotatable bonds is 8. The first kappa shape index (κ1) is 13.3. The van der Waals surface area contributed by atoms with Crippen LogP contribution in [0.3, 0.4) is 0 Å². The van der Waals surface area contributed by atoms with E-state index in [0.717, 1.165) is 11.7 Å². The van der Waals surface area contributed by atoms with Crippen molar-refractivity contribution < 1.29 is 5.11 Å². The van der Waals surface area contributed by atoms with Gasteiger partial charge < -0.3 is 10.4 Å². The lowest BCUT2D eigenvalue weighted by Crippen LogP contribution is -2.51. The summed E-state index contributed by atoms with van der Waals surface area (Å²) in [5.41, 5.74) is 0.00163. The van der Waals surface area contributed by atoms with Crippen LogP contribution in [0.5, 0.6) is 0 Å².